The molecule has 94 valence electrons. The standard InChI is InChI=1S/C10H10ClF2NO3/c1-2-16-9(15)5-3-4-6(17-10(12)13)7(11)8(5)14/h3-4,10H,2,14H2,1H3. The van der Waals surface area contributed by atoms with Crippen molar-refractivity contribution >= 4 is 23.3 Å². The maximum atomic E-state index is 12.0. The van der Waals surface area contributed by atoms with Gasteiger partial charge in [0.1, 0.15) is 10.8 Å². The summed E-state index contributed by atoms with van der Waals surface area (Å²) in [4.78, 5) is 11.4. The highest BCUT2D eigenvalue weighted by Gasteiger charge is 2.18. The molecule has 1 aromatic rings. The van der Waals surface area contributed by atoms with Crippen LogP contribution in [-0.2, 0) is 4.74 Å². The quantitative estimate of drug-likeness (QED) is 0.672. The van der Waals surface area contributed by atoms with E-state index in [-0.39, 0.29) is 28.6 Å². The molecule has 2 N–H and O–H groups in total. The summed E-state index contributed by atoms with van der Waals surface area (Å²) in [5.41, 5.74) is 5.40. The number of carbonyl (C=O) groups excluding carboxylic acids is 1. The number of anilines is 1. The molecule has 0 aliphatic heterocycles. The number of carbonyl (C=O) groups is 1. The van der Waals surface area contributed by atoms with Crippen LogP contribution in [0, 0.1) is 0 Å². The van der Waals surface area contributed by atoms with Gasteiger partial charge >= 0.3 is 12.6 Å². The molecule has 0 saturated heterocycles. The lowest BCUT2D eigenvalue weighted by Crippen LogP contribution is -2.10. The molecule has 0 radical (unpaired) electrons. The molecular formula is C10H10ClF2NO3. The Hall–Kier alpha value is -1.56. The number of ether oxygens (including phenoxy) is 2. The van der Waals surface area contributed by atoms with Crippen molar-refractivity contribution < 1.29 is 23.0 Å². The summed E-state index contributed by atoms with van der Waals surface area (Å²) < 4.78 is 32.8. The number of rotatable bonds is 4. The van der Waals surface area contributed by atoms with Crippen LogP contribution in [0.25, 0.3) is 0 Å². The van der Waals surface area contributed by atoms with Crippen molar-refractivity contribution in [1.82, 2.24) is 0 Å². The third-order valence-electron chi connectivity index (χ3n) is 1.86. The molecule has 0 bridgehead atoms. The van der Waals surface area contributed by atoms with Crippen molar-refractivity contribution in [2.24, 2.45) is 0 Å². The van der Waals surface area contributed by atoms with Crippen LogP contribution in [0.1, 0.15) is 17.3 Å². The predicted octanol–water partition coefficient (Wildman–Crippen LogP) is 2.70. The van der Waals surface area contributed by atoms with E-state index >= 15 is 0 Å². The van der Waals surface area contributed by atoms with Gasteiger partial charge in [-0.2, -0.15) is 8.78 Å². The Labute approximate surface area is 101 Å². The van der Waals surface area contributed by atoms with Gasteiger partial charge in [-0.05, 0) is 19.1 Å². The summed E-state index contributed by atoms with van der Waals surface area (Å²) in [6, 6.07) is 2.36. The zero-order valence-electron chi connectivity index (χ0n) is 8.88. The molecule has 0 fully saturated rings. The zero-order chi connectivity index (χ0) is 13.0. The molecule has 0 aliphatic carbocycles. The van der Waals surface area contributed by atoms with E-state index in [1.165, 1.54) is 6.07 Å². The maximum absolute atomic E-state index is 12.0. The van der Waals surface area contributed by atoms with Crippen molar-refractivity contribution in [1.29, 1.82) is 0 Å². The van der Waals surface area contributed by atoms with Gasteiger partial charge < -0.3 is 15.2 Å². The highest BCUT2D eigenvalue weighted by atomic mass is 35.5. The fraction of sp³-hybridized carbons (Fsp3) is 0.300. The van der Waals surface area contributed by atoms with Crippen molar-refractivity contribution in [2.45, 2.75) is 13.5 Å². The van der Waals surface area contributed by atoms with Crippen LogP contribution in [-0.4, -0.2) is 19.2 Å². The summed E-state index contributed by atoms with van der Waals surface area (Å²) in [6.45, 7) is -1.21. The van der Waals surface area contributed by atoms with Gasteiger partial charge in [0.25, 0.3) is 0 Å². The number of nitrogen functional groups attached to an aromatic ring is 1. The van der Waals surface area contributed by atoms with Gasteiger partial charge in [-0.3, -0.25) is 0 Å². The molecule has 0 aromatic heterocycles. The molecule has 0 saturated carbocycles. The Morgan fingerprint density at radius 1 is 1.53 bits per heavy atom. The lowest BCUT2D eigenvalue weighted by Gasteiger charge is -2.11. The third kappa shape index (κ3) is 3.20. The minimum atomic E-state index is -3.01. The Morgan fingerprint density at radius 2 is 2.18 bits per heavy atom. The minimum absolute atomic E-state index is 0.0125. The van der Waals surface area contributed by atoms with Gasteiger partial charge in [0.05, 0.1) is 17.9 Å². The molecule has 17 heavy (non-hydrogen) atoms. The van der Waals surface area contributed by atoms with E-state index in [1.807, 2.05) is 0 Å². The first-order valence-corrected chi connectivity index (χ1v) is 5.05. The lowest BCUT2D eigenvalue weighted by molar-refractivity contribution is -0.0497. The Balaban J connectivity index is 3.06. The first-order valence-electron chi connectivity index (χ1n) is 4.67. The Kier molecular flexibility index (Phi) is 4.51. The number of hydrogen-bond acceptors (Lipinski definition) is 4. The molecule has 0 amide bonds. The number of nitrogens with two attached hydrogens (primary N) is 1. The molecule has 0 spiro atoms. The average molecular weight is 266 g/mol. The number of halogens is 3. The van der Waals surface area contributed by atoms with E-state index in [2.05, 4.69) is 4.74 Å². The summed E-state index contributed by atoms with van der Waals surface area (Å²) in [7, 11) is 0. The highest BCUT2D eigenvalue weighted by Crippen LogP contribution is 2.34. The highest BCUT2D eigenvalue weighted by molar-refractivity contribution is 6.35. The average Bonchev–Trinajstić information content (AvgIpc) is 2.24. The van der Waals surface area contributed by atoms with Gasteiger partial charge in [0.2, 0.25) is 0 Å². The van der Waals surface area contributed by atoms with E-state index in [9.17, 15) is 13.6 Å². The van der Waals surface area contributed by atoms with Crippen molar-refractivity contribution in [3.05, 3.63) is 22.7 Å². The largest absolute Gasteiger partial charge is 0.462 e. The van der Waals surface area contributed by atoms with E-state index in [0.29, 0.717) is 0 Å². The van der Waals surface area contributed by atoms with Gasteiger partial charge in [-0.25, -0.2) is 4.79 Å². The van der Waals surface area contributed by atoms with Crippen LogP contribution in [0.15, 0.2) is 12.1 Å². The van der Waals surface area contributed by atoms with Crippen molar-refractivity contribution in [2.75, 3.05) is 12.3 Å². The molecule has 0 heterocycles. The van der Waals surface area contributed by atoms with Crippen LogP contribution in [0.2, 0.25) is 5.02 Å². The second kappa shape index (κ2) is 5.67. The monoisotopic (exact) mass is 265 g/mol. The number of hydrogen-bond donors (Lipinski definition) is 1. The minimum Gasteiger partial charge on any atom is -0.462 e. The summed E-state index contributed by atoms with van der Waals surface area (Å²) in [6.07, 6.45) is 0. The predicted molar refractivity (Wildman–Crippen MR) is 58.5 cm³/mol. The van der Waals surface area contributed by atoms with Gasteiger partial charge in [0.15, 0.2) is 0 Å². The van der Waals surface area contributed by atoms with Crippen LogP contribution in [0.5, 0.6) is 5.75 Å². The van der Waals surface area contributed by atoms with E-state index in [1.54, 1.807) is 6.92 Å². The number of alkyl halides is 2. The summed E-state index contributed by atoms with van der Waals surface area (Å²) in [5, 5.41) is -0.240. The Morgan fingerprint density at radius 3 is 2.71 bits per heavy atom. The second-order valence-electron chi connectivity index (χ2n) is 2.94. The molecular weight excluding hydrogens is 256 g/mol. The summed E-state index contributed by atoms with van der Waals surface area (Å²) >= 11 is 5.70. The topological polar surface area (TPSA) is 61.5 Å². The smallest absolute Gasteiger partial charge is 0.387 e. The lowest BCUT2D eigenvalue weighted by atomic mass is 10.1. The van der Waals surface area contributed by atoms with Crippen LogP contribution < -0.4 is 10.5 Å². The SMILES string of the molecule is CCOC(=O)c1ccc(OC(F)F)c(Cl)c1N. The molecule has 1 aromatic carbocycles. The first kappa shape index (κ1) is 13.5. The van der Waals surface area contributed by atoms with Crippen molar-refractivity contribution in [3.8, 4) is 5.75 Å². The molecule has 0 aliphatic rings. The van der Waals surface area contributed by atoms with Crippen LogP contribution >= 0.6 is 11.6 Å². The van der Waals surface area contributed by atoms with E-state index < -0.39 is 12.6 Å². The number of benzene rings is 1. The third-order valence-corrected chi connectivity index (χ3v) is 2.25. The number of esters is 1. The fourth-order valence-electron chi connectivity index (χ4n) is 1.15. The second-order valence-corrected chi connectivity index (χ2v) is 3.32. The van der Waals surface area contributed by atoms with Crippen LogP contribution in [0.3, 0.4) is 0 Å². The van der Waals surface area contributed by atoms with Gasteiger partial charge in [-0.1, -0.05) is 11.6 Å². The van der Waals surface area contributed by atoms with Crippen molar-refractivity contribution in [3.63, 3.8) is 0 Å². The van der Waals surface area contributed by atoms with E-state index in [0.717, 1.165) is 6.07 Å². The summed E-state index contributed by atoms with van der Waals surface area (Å²) in [5.74, 6) is -0.956. The van der Waals surface area contributed by atoms with Gasteiger partial charge in [-0.15, -0.1) is 0 Å². The molecule has 7 heteroatoms. The van der Waals surface area contributed by atoms with E-state index in [4.69, 9.17) is 22.1 Å². The Bertz CT molecular complexity index is 426. The fourth-order valence-corrected chi connectivity index (χ4v) is 1.36. The molecule has 4 nitrogen and oxygen atoms in total. The normalized spacial score (nSPS) is 10.4. The first-order chi connectivity index (χ1) is 7.97. The zero-order valence-corrected chi connectivity index (χ0v) is 9.63. The van der Waals surface area contributed by atoms with Crippen LogP contribution in [0.4, 0.5) is 14.5 Å². The molecule has 1 rings (SSSR count). The molecule has 0 unspecified atom stereocenters. The molecule has 0 atom stereocenters. The van der Waals surface area contributed by atoms with Gasteiger partial charge in [0, 0.05) is 0 Å². The maximum Gasteiger partial charge on any atom is 0.387 e.